The molecular formula is C17H18BrF3N4O3. The largest absolute Gasteiger partial charge is 0.444 e. The summed E-state index contributed by atoms with van der Waals surface area (Å²) >= 11 is 2.75. The first-order valence-corrected chi connectivity index (χ1v) is 8.85. The number of halogens is 4. The average Bonchev–Trinajstić information content (AvgIpc) is 2.95. The Bertz CT molecular complexity index is 940. The lowest BCUT2D eigenvalue weighted by molar-refractivity contribution is 0.0532. The van der Waals surface area contributed by atoms with Crippen molar-refractivity contribution in [1.29, 1.82) is 0 Å². The second-order valence-electron chi connectivity index (χ2n) is 6.79. The van der Waals surface area contributed by atoms with Crippen LogP contribution >= 0.6 is 15.9 Å². The summed E-state index contributed by atoms with van der Waals surface area (Å²) in [5.74, 6) is -1.78. The molecule has 0 fully saturated rings. The molecule has 0 saturated carbocycles. The van der Waals surface area contributed by atoms with E-state index >= 15 is 0 Å². The number of ether oxygens (including phenoxy) is 1. The van der Waals surface area contributed by atoms with Gasteiger partial charge in [0.15, 0.2) is 0 Å². The summed E-state index contributed by atoms with van der Waals surface area (Å²) in [6.45, 7) is 4.54. The molecule has 1 aromatic carbocycles. The number of hydrogen-bond acceptors (Lipinski definition) is 4. The first kappa shape index (κ1) is 21.7. The first-order valence-electron chi connectivity index (χ1n) is 8.06. The zero-order valence-electron chi connectivity index (χ0n) is 15.3. The van der Waals surface area contributed by atoms with Crippen molar-refractivity contribution in [1.82, 2.24) is 19.7 Å². The fraction of sp³-hybridized carbons (Fsp3) is 0.353. The second-order valence-corrected chi connectivity index (χ2v) is 7.58. The van der Waals surface area contributed by atoms with Crippen molar-refractivity contribution in [2.45, 2.75) is 32.9 Å². The molecule has 0 spiro atoms. The molecular weight excluding hydrogens is 445 g/mol. The van der Waals surface area contributed by atoms with E-state index in [0.717, 1.165) is 27.7 Å². The molecule has 1 aromatic heterocycles. The molecule has 0 aliphatic heterocycles. The molecule has 152 valence electrons. The summed E-state index contributed by atoms with van der Waals surface area (Å²) in [6.07, 6.45) is 0.550. The zero-order chi connectivity index (χ0) is 21.1. The Balaban J connectivity index is 2.13. The van der Waals surface area contributed by atoms with Crippen LogP contribution in [0.25, 0.3) is 5.69 Å². The van der Waals surface area contributed by atoms with E-state index in [2.05, 4.69) is 26.3 Å². The smallest absolute Gasteiger partial charge is 0.407 e. The molecule has 28 heavy (non-hydrogen) atoms. The number of alkyl carbamates (subject to hydrolysis) is 1. The molecule has 1 heterocycles. The molecule has 0 unspecified atom stereocenters. The van der Waals surface area contributed by atoms with Crippen LogP contribution in [0.3, 0.4) is 0 Å². The van der Waals surface area contributed by atoms with Crippen LogP contribution in [0.4, 0.5) is 18.0 Å². The van der Waals surface area contributed by atoms with E-state index in [1.807, 2.05) is 0 Å². The highest BCUT2D eigenvalue weighted by molar-refractivity contribution is 9.10. The molecule has 0 aliphatic rings. The number of amides is 1. The van der Waals surface area contributed by atoms with Crippen LogP contribution in [0.15, 0.2) is 39.6 Å². The molecule has 0 radical (unpaired) electrons. The van der Waals surface area contributed by atoms with Gasteiger partial charge in [-0.25, -0.2) is 32.0 Å². The van der Waals surface area contributed by atoms with E-state index in [-0.39, 0.29) is 35.2 Å². The fourth-order valence-electron chi connectivity index (χ4n) is 2.13. The Morgan fingerprint density at radius 3 is 2.46 bits per heavy atom. The Kier molecular flexibility index (Phi) is 6.70. The average molecular weight is 463 g/mol. The Hall–Kier alpha value is -2.56. The van der Waals surface area contributed by atoms with Gasteiger partial charge in [-0.3, -0.25) is 0 Å². The lowest BCUT2D eigenvalue weighted by atomic mass is 10.2. The van der Waals surface area contributed by atoms with Crippen LogP contribution in [0.1, 0.15) is 20.8 Å². The summed E-state index contributed by atoms with van der Waals surface area (Å²) in [5, 5.41) is 6.17. The van der Waals surface area contributed by atoms with Crippen LogP contribution in [0.5, 0.6) is 0 Å². The van der Waals surface area contributed by atoms with Gasteiger partial charge in [0.1, 0.15) is 23.6 Å². The zero-order valence-corrected chi connectivity index (χ0v) is 16.9. The highest BCUT2D eigenvalue weighted by Gasteiger charge is 2.17. The molecule has 1 N–H and O–H groups in total. The maximum atomic E-state index is 13.7. The highest BCUT2D eigenvalue weighted by Crippen LogP contribution is 2.22. The van der Waals surface area contributed by atoms with Crippen LogP contribution in [0.2, 0.25) is 0 Å². The van der Waals surface area contributed by atoms with Gasteiger partial charge in [-0.1, -0.05) is 0 Å². The standard InChI is InChI=1S/C17H18BrF3N4O3/c1-17(2,3)28-15(26)22-7-10(6-19)8-25-16(27)24(9-23-25)11-4-12(20)14(18)13(21)5-11/h4-6,9H,7-8H2,1-3H3,(H,22,26). The third kappa shape index (κ3) is 5.47. The summed E-state index contributed by atoms with van der Waals surface area (Å²) in [4.78, 5) is 24.0. The quantitative estimate of drug-likeness (QED) is 0.690. The minimum Gasteiger partial charge on any atom is -0.444 e. The van der Waals surface area contributed by atoms with Gasteiger partial charge in [0, 0.05) is 6.54 Å². The lowest BCUT2D eigenvalue weighted by Gasteiger charge is -2.19. The molecule has 7 nitrogen and oxygen atoms in total. The van der Waals surface area contributed by atoms with E-state index in [4.69, 9.17) is 4.74 Å². The second kappa shape index (κ2) is 8.63. The van der Waals surface area contributed by atoms with Gasteiger partial charge in [0.25, 0.3) is 0 Å². The van der Waals surface area contributed by atoms with Gasteiger partial charge in [-0.05, 0) is 54.4 Å². The van der Waals surface area contributed by atoms with E-state index in [9.17, 15) is 22.8 Å². The Labute approximate surface area is 166 Å². The maximum absolute atomic E-state index is 13.7. The van der Waals surface area contributed by atoms with Crippen molar-refractivity contribution in [3.05, 3.63) is 57.0 Å². The van der Waals surface area contributed by atoms with Gasteiger partial charge in [0.05, 0.1) is 23.0 Å². The van der Waals surface area contributed by atoms with E-state index in [1.165, 1.54) is 0 Å². The Morgan fingerprint density at radius 2 is 1.93 bits per heavy atom. The molecule has 11 heteroatoms. The van der Waals surface area contributed by atoms with E-state index < -0.39 is 29.0 Å². The number of carbonyl (C=O) groups is 1. The van der Waals surface area contributed by atoms with Crippen LogP contribution < -0.4 is 11.0 Å². The first-order chi connectivity index (χ1) is 13.0. The summed E-state index contributed by atoms with van der Waals surface area (Å²) in [7, 11) is 0. The van der Waals surface area contributed by atoms with E-state index in [0.29, 0.717) is 0 Å². The number of rotatable bonds is 5. The highest BCUT2D eigenvalue weighted by atomic mass is 79.9. The van der Waals surface area contributed by atoms with Gasteiger partial charge in [-0.15, -0.1) is 0 Å². The van der Waals surface area contributed by atoms with Gasteiger partial charge >= 0.3 is 11.8 Å². The van der Waals surface area contributed by atoms with Gasteiger partial charge in [-0.2, -0.15) is 5.10 Å². The molecule has 0 bridgehead atoms. The fourth-order valence-corrected chi connectivity index (χ4v) is 2.35. The maximum Gasteiger partial charge on any atom is 0.407 e. The van der Waals surface area contributed by atoms with Crippen molar-refractivity contribution < 1.29 is 22.7 Å². The number of nitrogens with zero attached hydrogens (tertiary/aromatic N) is 3. The van der Waals surface area contributed by atoms with Crippen molar-refractivity contribution >= 4 is 22.0 Å². The molecule has 1 amide bonds. The van der Waals surface area contributed by atoms with Crippen molar-refractivity contribution in [2.75, 3.05) is 6.54 Å². The number of benzene rings is 1. The summed E-state index contributed by atoms with van der Waals surface area (Å²) in [5.41, 5.74) is -1.49. The normalized spacial score (nSPS) is 12.2. The Morgan fingerprint density at radius 1 is 1.32 bits per heavy atom. The van der Waals surface area contributed by atoms with Crippen LogP contribution in [-0.4, -0.2) is 32.6 Å². The lowest BCUT2D eigenvalue weighted by Crippen LogP contribution is -2.34. The predicted octanol–water partition coefficient (Wildman–Crippen LogP) is 3.45. The third-order valence-corrected chi connectivity index (χ3v) is 4.10. The summed E-state index contributed by atoms with van der Waals surface area (Å²) in [6, 6.07) is 1.91. The molecule has 2 rings (SSSR count). The topological polar surface area (TPSA) is 78.2 Å². The number of aromatic nitrogens is 3. The van der Waals surface area contributed by atoms with Gasteiger partial charge < -0.3 is 10.1 Å². The summed E-state index contributed by atoms with van der Waals surface area (Å²) < 4.78 is 47.0. The van der Waals surface area contributed by atoms with Gasteiger partial charge in [0.2, 0.25) is 0 Å². The molecule has 2 aromatic rings. The number of carbonyl (C=O) groups excluding carboxylic acids is 1. The van der Waals surface area contributed by atoms with E-state index in [1.54, 1.807) is 20.8 Å². The molecule has 0 saturated heterocycles. The minimum absolute atomic E-state index is 0.0337. The van der Waals surface area contributed by atoms with Crippen molar-refractivity contribution in [3.63, 3.8) is 0 Å². The van der Waals surface area contributed by atoms with Crippen molar-refractivity contribution in [3.8, 4) is 5.69 Å². The monoisotopic (exact) mass is 462 g/mol. The minimum atomic E-state index is -0.888. The third-order valence-electron chi connectivity index (χ3n) is 3.35. The van der Waals surface area contributed by atoms with Crippen LogP contribution in [0, 0.1) is 11.6 Å². The van der Waals surface area contributed by atoms with Crippen LogP contribution in [-0.2, 0) is 11.3 Å². The SMILES string of the molecule is CC(C)(C)OC(=O)NCC(=CF)Cn1ncn(-c2cc(F)c(Br)c(F)c2)c1=O. The van der Waals surface area contributed by atoms with Crippen molar-refractivity contribution in [2.24, 2.45) is 0 Å². The number of hydrogen-bond donors (Lipinski definition) is 1. The molecule has 0 atom stereocenters. The molecule has 0 aliphatic carbocycles. The number of nitrogens with one attached hydrogen (secondary N) is 1. The predicted molar refractivity (Wildman–Crippen MR) is 98.9 cm³/mol.